The van der Waals surface area contributed by atoms with Gasteiger partial charge in [0.2, 0.25) is 0 Å². The first-order valence-corrected chi connectivity index (χ1v) is 7.59. The molecule has 1 heterocycles. The number of rotatable bonds is 5. The number of ether oxygens (including phenoxy) is 1. The molecule has 4 heteroatoms. The predicted molar refractivity (Wildman–Crippen MR) is 80.2 cm³/mol. The van der Waals surface area contributed by atoms with Crippen LogP contribution in [0.4, 0.5) is 0 Å². The highest BCUT2D eigenvalue weighted by Crippen LogP contribution is 2.30. The van der Waals surface area contributed by atoms with E-state index in [9.17, 15) is 0 Å². The standard InChI is InChI=1S/C14H13Br2NO/c15-10-11-4-3-6-13(16)14(11)18-9-7-12-5-1-2-8-17-12/h1-6,8H,7,9-10H2. The molecule has 0 aliphatic carbocycles. The normalized spacial score (nSPS) is 10.3. The summed E-state index contributed by atoms with van der Waals surface area (Å²) in [6, 6.07) is 12.0. The topological polar surface area (TPSA) is 22.1 Å². The Hall–Kier alpha value is -0.870. The minimum Gasteiger partial charge on any atom is -0.492 e. The minimum atomic E-state index is 0.625. The van der Waals surface area contributed by atoms with Gasteiger partial charge in [0.25, 0.3) is 0 Å². The highest BCUT2D eigenvalue weighted by molar-refractivity contribution is 9.10. The van der Waals surface area contributed by atoms with Gasteiger partial charge in [0.15, 0.2) is 0 Å². The number of benzene rings is 1. The fraction of sp³-hybridized carbons (Fsp3) is 0.214. The lowest BCUT2D eigenvalue weighted by molar-refractivity contribution is 0.316. The fourth-order valence-corrected chi connectivity index (χ4v) is 2.59. The molecule has 0 saturated carbocycles. The van der Waals surface area contributed by atoms with Gasteiger partial charge in [-0.2, -0.15) is 0 Å². The second kappa shape index (κ2) is 6.90. The van der Waals surface area contributed by atoms with Crippen LogP contribution >= 0.6 is 31.9 Å². The third-order valence-electron chi connectivity index (χ3n) is 2.52. The van der Waals surface area contributed by atoms with Crippen LogP contribution in [0.2, 0.25) is 0 Å². The third kappa shape index (κ3) is 3.56. The molecule has 0 amide bonds. The van der Waals surface area contributed by atoms with Crippen molar-refractivity contribution >= 4 is 31.9 Å². The van der Waals surface area contributed by atoms with E-state index in [0.29, 0.717) is 6.61 Å². The van der Waals surface area contributed by atoms with Gasteiger partial charge in [-0.25, -0.2) is 0 Å². The molecule has 0 bridgehead atoms. The molecule has 0 aliphatic heterocycles. The zero-order chi connectivity index (χ0) is 12.8. The Morgan fingerprint density at radius 1 is 1.11 bits per heavy atom. The van der Waals surface area contributed by atoms with Gasteiger partial charge in [-0.15, -0.1) is 0 Å². The van der Waals surface area contributed by atoms with Crippen molar-refractivity contribution in [2.24, 2.45) is 0 Å². The Bertz CT molecular complexity index is 502. The first-order chi connectivity index (χ1) is 8.81. The molecule has 0 fully saturated rings. The van der Waals surface area contributed by atoms with Gasteiger partial charge in [0.1, 0.15) is 5.75 Å². The van der Waals surface area contributed by atoms with Crippen LogP contribution in [0.5, 0.6) is 5.75 Å². The molecule has 0 aliphatic rings. The molecule has 2 aromatic rings. The van der Waals surface area contributed by atoms with Gasteiger partial charge in [-0.3, -0.25) is 4.98 Å². The summed E-state index contributed by atoms with van der Waals surface area (Å²) in [7, 11) is 0. The zero-order valence-corrected chi connectivity index (χ0v) is 12.9. The van der Waals surface area contributed by atoms with E-state index in [1.165, 1.54) is 0 Å². The number of aromatic nitrogens is 1. The summed E-state index contributed by atoms with van der Waals surface area (Å²) in [5.41, 5.74) is 2.19. The van der Waals surface area contributed by atoms with E-state index >= 15 is 0 Å². The molecule has 18 heavy (non-hydrogen) atoms. The summed E-state index contributed by atoms with van der Waals surface area (Å²) in [5.74, 6) is 0.908. The molecule has 94 valence electrons. The lowest BCUT2D eigenvalue weighted by Gasteiger charge is -2.11. The first kappa shape index (κ1) is 13.6. The third-order valence-corrected chi connectivity index (χ3v) is 3.75. The lowest BCUT2D eigenvalue weighted by atomic mass is 10.2. The van der Waals surface area contributed by atoms with Crippen LogP contribution in [-0.2, 0) is 11.8 Å². The molecule has 0 spiro atoms. The number of nitrogens with zero attached hydrogens (tertiary/aromatic N) is 1. The van der Waals surface area contributed by atoms with Crippen LogP contribution in [-0.4, -0.2) is 11.6 Å². The highest BCUT2D eigenvalue weighted by Gasteiger charge is 2.07. The van der Waals surface area contributed by atoms with Crippen molar-refractivity contribution < 1.29 is 4.74 Å². The van der Waals surface area contributed by atoms with E-state index in [1.807, 2.05) is 30.3 Å². The molecule has 2 nitrogen and oxygen atoms in total. The van der Waals surface area contributed by atoms with Gasteiger partial charge in [0.05, 0.1) is 11.1 Å². The van der Waals surface area contributed by atoms with Crippen LogP contribution in [0.1, 0.15) is 11.3 Å². The summed E-state index contributed by atoms with van der Waals surface area (Å²) in [6.45, 7) is 0.625. The average Bonchev–Trinajstić information content (AvgIpc) is 2.41. The van der Waals surface area contributed by atoms with Crippen molar-refractivity contribution in [2.75, 3.05) is 6.61 Å². The van der Waals surface area contributed by atoms with Crippen molar-refractivity contribution in [3.05, 3.63) is 58.3 Å². The van der Waals surface area contributed by atoms with E-state index in [-0.39, 0.29) is 0 Å². The van der Waals surface area contributed by atoms with E-state index in [4.69, 9.17) is 4.74 Å². The van der Waals surface area contributed by atoms with Crippen molar-refractivity contribution in [3.8, 4) is 5.75 Å². The number of halogens is 2. The molecule has 1 aromatic carbocycles. The summed E-state index contributed by atoms with van der Waals surface area (Å²) < 4.78 is 6.83. The van der Waals surface area contributed by atoms with E-state index in [1.54, 1.807) is 6.20 Å². The predicted octanol–water partition coefficient (Wildman–Crippen LogP) is 4.36. The number of pyridine rings is 1. The second-order valence-electron chi connectivity index (χ2n) is 3.78. The Labute approximate surface area is 124 Å². The fourth-order valence-electron chi connectivity index (χ4n) is 1.62. The smallest absolute Gasteiger partial charge is 0.137 e. The Morgan fingerprint density at radius 2 is 2.00 bits per heavy atom. The Kier molecular flexibility index (Phi) is 5.20. The lowest BCUT2D eigenvalue weighted by Crippen LogP contribution is -2.04. The Morgan fingerprint density at radius 3 is 2.72 bits per heavy atom. The van der Waals surface area contributed by atoms with Crippen molar-refractivity contribution in [3.63, 3.8) is 0 Å². The van der Waals surface area contributed by atoms with Crippen LogP contribution in [0.25, 0.3) is 0 Å². The van der Waals surface area contributed by atoms with Crippen LogP contribution < -0.4 is 4.74 Å². The maximum absolute atomic E-state index is 5.85. The van der Waals surface area contributed by atoms with E-state index < -0.39 is 0 Å². The van der Waals surface area contributed by atoms with Gasteiger partial charge < -0.3 is 4.74 Å². The maximum Gasteiger partial charge on any atom is 0.137 e. The Balaban J connectivity index is 1.98. The van der Waals surface area contributed by atoms with Gasteiger partial charge in [0, 0.05) is 29.2 Å². The number of hydrogen-bond donors (Lipinski definition) is 0. The highest BCUT2D eigenvalue weighted by atomic mass is 79.9. The summed E-state index contributed by atoms with van der Waals surface area (Å²) in [4.78, 5) is 4.27. The van der Waals surface area contributed by atoms with Gasteiger partial charge in [-0.05, 0) is 34.1 Å². The molecular formula is C14H13Br2NO. The maximum atomic E-state index is 5.85. The molecule has 0 N–H and O–H groups in total. The van der Waals surface area contributed by atoms with Crippen molar-refractivity contribution in [2.45, 2.75) is 11.8 Å². The van der Waals surface area contributed by atoms with Crippen molar-refractivity contribution in [1.29, 1.82) is 0 Å². The second-order valence-corrected chi connectivity index (χ2v) is 5.20. The number of alkyl halides is 1. The summed E-state index contributed by atoms with van der Waals surface area (Å²) in [6.07, 6.45) is 2.61. The molecule has 0 radical (unpaired) electrons. The number of hydrogen-bond acceptors (Lipinski definition) is 2. The molecular weight excluding hydrogens is 358 g/mol. The van der Waals surface area contributed by atoms with Gasteiger partial charge >= 0.3 is 0 Å². The van der Waals surface area contributed by atoms with Crippen LogP contribution in [0, 0.1) is 0 Å². The summed E-state index contributed by atoms with van der Waals surface area (Å²) in [5, 5.41) is 0.783. The first-order valence-electron chi connectivity index (χ1n) is 5.67. The van der Waals surface area contributed by atoms with Crippen molar-refractivity contribution in [1.82, 2.24) is 4.98 Å². The van der Waals surface area contributed by atoms with Crippen LogP contribution in [0.3, 0.4) is 0 Å². The number of para-hydroxylation sites is 1. The van der Waals surface area contributed by atoms with Crippen LogP contribution in [0.15, 0.2) is 47.1 Å². The average molecular weight is 371 g/mol. The largest absolute Gasteiger partial charge is 0.492 e. The molecule has 0 saturated heterocycles. The van der Waals surface area contributed by atoms with Gasteiger partial charge in [-0.1, -0.05) is 34.1 Å². The quantitative estimate of drug-likeness (QED) is 0.729. The van der Waals surface area contributed by atoms with E-state index in [2.05, 4.69) is 42.9 Å². The zero-order valence-electron chi connectivity index (χ0n) is 9.77. The monoisotopic (exact) mass is 369 g/mol. The minimum absolute atomic E-state index is 0.625. The molecule has 0 atom stereocenters. The van der Waals surface area contributed by atoms with E-state index in [0.717, 1.165) is 33.2 Å². The SMILES string of the molecule is BrCc1cccc(Br)c1OCCc1ccccn1. The molecule has 1 aromatic heterocycles. The molecule has 2 rings (SSSR count). The molecule has 0 unspecified atom stereocenters. The summed E-state index contributed by atoms with van der Waals surface area (Å²) >= 11 is 6.98.